The van der Waals surface area contributed by atoms with Gasteiger partial charge in [0.25, 0.3) is 0 Å². The zero-order valence-electron chi connectivity index (χ0n) is 21.8. The van der Waals surface area contributed by atoms with Crippen molar-refractivity contribution < 1.29 is 43.2 Å². The molecule has 1 aromatic rings. The first-order valence-corrected chi connectivity index (χ1v) is 12.4. The average molecular weight is 510 g/mol. The number of hydrogen-bond donors (Lipinski definition) is 2. The van der Waals surface area contributed by atoms with E-state index in [1.165, 1.54) is 12.1 Å². The van der Waals surface area contributed by atoms with Crippen LogP contribution in [0.5, 0.6) is 11.5 Å². The van der Waals surface area contributed by atoms with Gasteiger partial charge in [0, 0.05) is 24.7 Å². The molecule has 10 nitrogen and oxygen atoms in total. The third-order valence-electron chi connectivity index (χ3n) is 5.69. The predicted molar refractivity (Wildman–Crippen MR) is 132 cm³/mol. The Labute approximate surface area is 212 Å². The van der Waals surface area contributed by atoms with Crippen LogP contribution in [0.25, 0.3) is 0 Å². The molecule has 0 aliphatic carbocycles. The van der Waals surface area contributed by atoms with E-state index >= 15 is 0 Å². The van der Waals surface area contributed by atoms with Crippen LogP contribution in [0.3, 0.4) is 0 Å². The summed E-state index contributed by atoms with van der Waals surface area (Å²) in [6.07, 6.45) is 1.40. The third kappa shape index (κ3) is 9.85. The van der Waals surface area contributed by atoms with Crippen molar-refractivity contribution >= 4 is 24.1 Å². The summed E-state index contributed by atoms with van der Waals surface area (Å²) in [6.45, 7) is 9.15. The van der Waals surface area contributed by atoms with Gasteiger partial charge in [-0.25, -0.2) is 4.79 Å². The first-order chi connectivity index (χ1) is 17.0. The Hall–Kier alpha value is -3.14. The third-order valence-corrected chi connectivity index (χ3v) is 5.69. The van der Waals surface area contributed by atoms with E-state index < -0.39 is 48.0 Å². The maximum Gasteiger partial charge on any atom is 0.508 e. The van der Waals surface area contributed by atoms with Gasteiger partial charge in [-0.3, -0.25) is 14.4 Å². The molecule has 4 atom stereocenters. The van der Waals surface area contributed by atoms with Gasteiger partial charge in [0.1, 0.15) is 12.1 Å². The molecule has 0 radical (unpaired) electrons. The Bertz CT molecular complexity index is 886. The molecule has 1 aromatic carbocycles. The molecular formula is C26H39NO9. The van der Waals surface area contributed by atoms with E-state index in [1.54, 1.807) is 19.9 Å². The van der Waals surface area contributed by atoms with Crippen molar-refractivity contribution in [3.8, 4) is 11.5 Å². The van der Waals surface area contributed by atoms with Gasteiger partial charge in [0.15, 0.2) is 11.5 Å². The molecule has 0 aromatic heterocycles. The monoisotopic (exact) mass is 509 g/mol. The topological polar surface area (TPSA) is 151 Å². The lowest BCUT2D eigenvalue weighted by Crippen LogP contribution is -2.42. The lowest BCUT2D eigenvalue weighted by atomic mass is 9.79. The zero-order chi connectivity index (χ0) is 27.3. The largest absolute Gasteiger partial charge is 0.508 e. The van der Waals surface area contributed by atoms with E-state index in [4.69, 9.17) is 24.7 Å². The van der Waals surface area contributed by atoms with E-state index in [0.29, 0.717) is 24.8 Å². The van der Waals surface area contributed by atoms with E-state index in [9.17, 15) is 24.3 Å². The average Bonchev–Trinajstić information content (AvgIpc) is 2.81. The van der Waals surface area contributed by atoms with Gasteiger partial charge in [-0.1, -0.05) is 40.2 Å². The highest BCUT2D eigenvalue weighted by atomic mass is 16.7. The molecule has 10 heteroatoms. The number of carboxylic acids is 1. The van der Waals surface area contributed by atoms with Gasteiger partial charge in [0.2, 0.25) is 0 Å². The summed E-state index contributed by atoms with van der Waals surface area (Å²) in [7, 11) is 0. The van der Waals surface area contributed by atoms with Crippen molar-refractivity contribution in [2.24, 2.45) is 11.7 Å². The van der Waals surface area contributed by atoms with Crippen LogP contribution >= 0.6 is 0 Å². The summed E-state index contributed by atoms with van der Waals surface area (Å²) in [5, 5.41) is 9.67. The maximum atomic E-state index is 12.2. The molecule has 202 valence electrons. The van der Waals surface area contributed by atoms with Crippen molar-refractivity contribution in [3.05, 3.63) is 23.8 Å². The second kappa shape index (κ2) is 15.8. The van der Waals surface area contributed by atoms with E-state index in [2.05, 4.69) is 0 Å². The highest BCUT2D eigenvalue weighted by molar-refractivity contribution is 5.77. The smallest absolute Gasteiger partial charge is 0.480 e. The number of carbonyl (C=O) groups excluding carboxylic acids is 3. The SMILES string of the molecule is CCCCOC(=O)OC(C)C(C)C(c1ccc(OC(=O)CCC)c(OC(=O)CCC)c1)[C@H](N)C(=O)O. The van der Waals surface area contributed by atoms with Crippen LogP contribution in [0, 0.1) is 5.92 Å². The summed E-state index contributed by atoms with van der Waals surface area (Å²) in [5.41, 5.74) is 6.47. The number of ether oxygens (including phenoxy) is 4. The molecule has 0 fully saturated rings. The van der Waals surface area contributed by atoms with Crippen LogP contribution in [0.2, 0.25) is 0 Å². The summed E-state index contributed by atoms with van der Waals surface area (Å²) < 4.78 is 21.2. The van der Waals surface area contributed by atoms with Crippen LogP contribution in [0.15, 0.2) is 18.2 Å². The molecule has 0 saturated heterocycles. The number of rotatable bonds is 15. The molecule has 3 N–H and O–H groups in total. The Balaban J connectivity index is 3.32. The number of unbranched alkanes of at least 4 members (excludes halogenated alkanes) is 1. The first-order valence-electron chi connectivity index (χ1n) is 12.4. The van der Waals surface area contributed by atoms with Crippen LogP contribution < -0.4 is 15.2 Å². The molecule has 0 heterocycles. The van der Waals surface area contributed by atoms with Crippen LogP contribution in [-0.2, 0) is 23.9 Å². The number of carbonyl (C=O) groups is 4. The van der Waals surface area contributed by atoms with E-state index in [1.807, 2.05) is 20.8 Å². The lowest BCUT2D eigenvalue weighted by molar-refractivity contribution is -0.140. The fraction of sp³-hybridized carbons (Fsp3) is 0.615. The zero-order valence-corrected chi connectivity index (χ0v) is 21.8. The summed E-state index contributed by atoms with van der Waals surface area (Å²) in [6, 6.07) is 3.08. The van der Waals surface area contributed by atoms with Gasteiger partial charge in [-0.05, 0) is 43.9 Å². The fourth-order valence-corrected chi connectivity index (χ4v) is 3.53. The molecular weight excluding hydrogens is 470 g/mol. The number of carboxylic acid groups (broad SMARTS) is 1. The van der Waals surface area contributed by atoms with Crippen LogP contribution in [-0.4, -0.2) is 47.9 Å². The molecule has 0 spiro atoms. The fourth-order valence-electron chi connectivity index (χ4n) is 3.53. The number of benzene rings is 1. The Morgan fingerprint density at radius 1 is 0.917 bits per heavy atom. The summed E-state index contributed by atoms with van der Waals surface area (Å²) in [5.74, 6) is -3.66. The van der Waals surface area contributed by atoms with Gasteiger partial charge >= 0.3 is 24.1 Å². The highest BCUT2D eigenvalue weighted by Crippen LogP contribution is 2.37. The maximum absolute atomic E-state index is 12.2. The predicted octanol–water partition coefficient (Wildman–Crippen LogP) is 4.57. The molecule has 0 aliphatic heterocycles. The lowest BCUT2D eigenvalue weighted by Gasteiger charge is -2.31. The van der Waals surface area contributed by atoms with Crippen LogP contribution in [0.4, 0.5) is 4.79 Å². The van der Waals surface area contributed by atoms with Gasteiger partial charge in [-0.2, -0.15) is 0 Å². The summed E-state index contributed by atoms with van der Waals surface area (Å²) in [4.78, 5) is 48.2. The number of nitrogens with two attached hydrogens (primary N) is 1. The second-order valence-electron chi connectivity index (χ2n) is 8.68. The first kappa shape index (κ1) is 30.9. The molecule has 3 unspecified atom stereocenters. The highest BCUT2D eigenvalue weighted by Gasteiger charge is 2.36. The number of hydrogen-bond acceptors (Lipinski definition) is 9. The Morgan fingerprint density at radius 2 is 1.50 bits per heavy atom. The van der Waals surface area contributed by atoms with Crippen molar-refractivity contribution in [2.45, 2.75) is 91.2 Å². The summed E-state index contributed by atoms with van der Waals surface area (Å²) >= 11 is 0. The molecule has 0 bridgehead atoms. The van der Waals surface area contributed by atoms with Crippen molar-refractivity contribution in [2.75, 3.05) is 6.61 Å². The molecule has 36 heavy (non-hydrogen) atoms. The minimum Gasteiger partial charge on any atom is -0.480 e. The van der Waals surface area contributed by atoms with Gasteiger partial charge < -0.3 is 29.8 Å². The van der Waals surface area contributed by atoms with Crippen molar-refractivity contribution in [1.29, 1.82) is 0 Å². The minimum atomic E-state index is -1.37. The minimum absolute atomic E-state index is 0.0160. The standard InChI is InChI=1S/C26H39NO9/c1-6-9-14-33-26(32)34-17(5)16(4)23(24(27)25(30)31)18-12-13-19(35-21(28)10-7-2)20(15-18)36-22(29)11-8-3/h12-13,15-17,23-24H,6-11,14,27H2,1-5H3,(H,30,31)/t16?,17?,23?,24-/m0/s1. The Morgan fingerprint density at radius 3 is 2.03 bits per heavy atom. The molecule has 1 rings (SSSR count). The Kier molecular flexibility index (Phi) is 13.5. The van der Waals surface area contributed by atoms with Crippen LogP contribution in [0.1, 0.15) is 84.6 Å². The van der Waals surface area contributed by atoms with Gasteiger partial charge in [-0.15, -0.1) is 0 Å². The van der Waals surface area contributed by atoms with Crippen molar-refractivity contribution in [3.63, 3.8) is 0 Å². The molecule has 0 saturated carbocycles. The number of esters is 2. The second-order valence-corrected chi connectivity index (χ2v) is 8.68. The molecule has 0 amide bonds. The number of aliphatic carboxylic acids is 1. The van der Waals surface area contributed by atoms with E-state index in [0.717, 1.165) is 6.42 Å². The van der Waals surface area contributed by atoms with E-state index in [-0.39, 0.29) is 30.9 Å². The molecule has 0 aliphatic rings. The quantitative estimate of drug-likeness (QED) is 0.195. The normalized spacial score (nSPS) is 14.2. The van der Waals surface area contributed by atoms with Gasteiger partial charge in [0.05, 0.1) is 6.61 Å². The van der Waals surface area contributed by atoms with Crippen molar-refractivity contribution in [1.82, 2.24) is 0 Å².